The lowest BCUT2D eigenvalue weighted by Gasteiger charge is -2.27. The molecule has 1 aromatic heterocycles. The zero-order valence-corrected chi connectivity index (χ0v) is 25.6. The Morgan fingerprint density at radius 1 is 0.878 bits per heavy atom. The summed E-state index contributed by atoms with van der Waals surface area (Å²) in [6.45, 7) is 3.37. The molecule has 3 aromatic carbocycles. The molecule has 10 heteroatoms. The van der Waals surface area contributed by atoms with Crippen LogP contribution in [0.25, 0.3) is 23.1 Å². The van der Waals surface area contributed by atoms with E-state index in [1.807, 2.05) is 91.0 Å². The largest absolute Gasteiger partial charge is 0.265 e. The molecule has 0 aliphatic heterocycles. The molecule has 0 bridgehead atoms. The Morgan fingerprint density at radius 3 is 2.34 bits per heavy atom. The van der Waals surface area contributed by atoms with E-state index in [4.69, 9.17) is 20.0 Å². The number of nitrogens with zero attached hydrogens (tertiary/aromatic N) is 1. The maximum atomic E-state index is 12.2. The predicted octanol–water partition coefficient (Wildman–Crippen LogP) is 6.92. The SMILES string of the molecule is CC(C)(OS(C)(=O)=O)c1ccccc1CC[C@H](OS(C)(=O)=O)c1cccc(C=Cc2ccc3ccc(Cl)cc3n2)c1. The van der Waals surface area contributed by atoms with Crippen LogP contribution in [-0.2, 0) is 40.6 Å². The fourth-order valence-electron chi connectivity index (χ4n) is 4.76. The average Bonchev–Trinajstić information content (AvgIpc) is 2.88. The van der Waals surface area contributed by atoms with E-state index in [1.165, 1.54) is 0 Å². The third kappa shape index (κ3) is 8.95. The van der Waals surface area contributed by atoms with Gasteiger partial charge in [0.2, 0.25) is 0 Å². The van der Waals surface area contributed by atoms with Crippen LogP contribution in [0.2, 0.25) is 5.02 Å². The highest BCUT2D eigenvalue weighted by molar-refractivity contribution is 7.86. The first kappa shape index (κ1) is 30.9. The molecule has 0 unspecified atom stereocenters. The summed E-state index contributed by atoms with van der Waals surface area (Å²) in [5.74, 6) is 0. The second kappa shape index (κ2) is 12.4. The van der Waals surface area contributed by atoms with Gasteiger partial charge < -0.3 is 0 Å². The normalized spacial score (nSPS) is 13.6. The molecular weight excluding hydrogens is 582 g/mol. The second-order valence-electron chi connectivity index (χ2n) is 10.4. The molecule has 4 aromatic rings. The first-order valence-corrected chi connectivity index (χ1v) is 16.9. The molecule has 0 spiro atoms. The highest BCUT2D eigenvalue weighted by Crippen LogP contribution is 2.33. The number of aryl methyl sites for hydroxylation is 1. The fraction of sp³-hybridized carbons (Fsp3) is 0.258. The number of hydrogen-bond donors (Lipinski definition) is 0. The minimum atomic E-state index is -3.77. The van der Waals surface area contributed by atoms with E-state index in [0.29, 0.717) is 29.0 Å². The lowest BCUT2D eigenvalue weighted by Crippen LogP contribution is -2.26. The van der Waals surface area contributed by atoms with E-state index in [2.05, 4.69) is 4.98 Å². The Kier molecular flexibility index (Phi) is 9.35. The quantitative estimate of drug-likeness (QED) is 0.169. The Morgan fingerprint density at radius 2 is 1.61 bits per heavy atom. The Balaban J connectivity index is 1.59. The van der Waals surface area contributed by atoms with Crippen LogP contribution in [0.3, 0.4) is 0 Å². The van der Waals surface area contributed by atoms with Crippen molar-refractivity contribution < 1.29 is 25.2 Å². The predicted molar refractivity (Wildman–Crippen MR) is 165 cm³/mol. The first-order chi connectivity index (χ1) is 19.2. The molecule has 0 fully saturated rings. The summed E-state index contributed by atoms with van der Waals surface area (Å²) in [5, 5.41) is 1.60. The minimum absolute atomic E-state index is 0.333. The van der Waals surface area contributed by atoms with Gasteiger partial charge in [-0.3, -0.25) is 8.37 Å². The van der Waals surface area contributed by atoms with Crippen LogP contribution < -0.4 is 0 Å². The highest BCUT2D eigenvalue weighted by atomic mass is 35.5. The summed E-state index contributed by atoms with van der Waals surface area (Å²) in [7, 11) is -7.48. The van der Waals surface area contributed by atoms with E-state index in [-0.39, 0.29) is 0 Å². The van der Waals surface area contributed by atoms with E-state index in [1.54, 1.807) is 13.8 Å². The molecule has 216 valence electrons. The lowest BCUT2D eigenvalue weighted by molar-refractivity contribution is 0.117. The number of rotatable bonds is 11. The molecule has 0 saturated heterocycles. The molecule has 0 saturated carbocycles. The number of pyridine rings is 1. The van der Waals surface area contributed by atoms with Crippen molar-refractivity contribution in [2.75, 3.05) is 12.5 Å². The summed E-state index contributed by atoms with van der Waals surface area (Å²) in [6.07, 6.45) is 5.83. The van der Waals surface area contributed by atoms with Crippen LogP contribution in [-0.4, -0.2) is 34.3 Å². The van der Waals surface area contributed by atoms with Gasteiger partial charge in [0.05, 0.1) is 23.7 Å². The molecule has 0 aliphatic rings. The van der Waals surface area contributed by atoms with Crippen molar-refractivity contribution in [2.45, 2.75) is 38.4 Å². The van der Waals surface area contributed by atoms with Crippen molar-refractivity contribution in [3.8, 4) is 0 Å². The van der Waals surface area contributed by atoms with E-state index >= 15 is 0 Å². The number of fused-ring (bicyclic) bond motifs is 1. The van der Waals surface area contributed by atoms with Crippen molar-refractivity contribution in [1.82, 2.24) is 4.98 Å². The van der Waals surface area contributed by atoms with Crippen molar-refractivity contribution in [3.63, 3.8) is 0 Å². The van der Waals surface area contributed by atoms with E-state index in [9.17, 15) is 16.8 Å². The number of benzene rings is 3. The molecule has 0 radical (unpaired) electrons. The second-order valence-corrected chi connectivity index (χ2v) is 14.0. The Labute approximate surface area is 247 Å². The van der Waals surface area contributed by atoms with Gasteiger partial charge in [0.25, 0.3) is 20.2 Å². The van der Waals surface area contributed by atoms with Crippen LogP contribution in [0.15, 0.2) is 78.9 Å². The van der Waals surface area contributed by atoms with Gasteiger partial charge in [-0.05, 0) is 79.3 Å². The molecular formula is C31H32ClNO6S2. The Bertz CT molecular complexity index is 1800. The number of halogens is 1. The lowest BCUT2D eigenvalue weighted by atomic mass is 9.90. The smallest absolute Gasteiger partial charge is 0.262 e. The van der Waals surface area contributed by atoms with Gasteiger partial charge in [0.1, 0.15) is 11.7 Å². The average molecular weight is 614 g/mol. The number of aromatic nitrogens is 1. The zero-order chi connectivity index (χ0) is 29.8. The Hall–Kier alpha value is -3.08. The molecule has 0 N–H and O–H groups in total. The van der Waals surface area contributed by atoms with Crippen molar-refractivity contribution in [2.24, 2.45) is 0 Å². The zero-order valence-electron chi connectivity index (χ0n) is 23.2. The van der Waals surface area contributed by atoms with E-state index in [0.717, 1.165) is 40.2 Å². The molecule has 0 amide bonds. The van der Waals surface area contributed by atoms with Crippen LogP contribution in [0.1, 0.15) is 54.3 Å². The molecule has 4 rings (SSSR count). The fourth-order valence-corrected chi connectivity index (χ4v) is 6.40. The van der Waals surface area contributed by atoms with Gasteiger partial charge in [-0.1, -0.05) is 72.3 Å². The summed E-state index contributed by atoms with van der Waals surface area (Å²) < 4.78 is 59.0. The molecule has 7 nitrogen and oxygen atoms in total. The topological polar surface area (TPSA) is 99.6 Å². The van der Waals surface area contributed by atoms with Gasteiger partial charge in [-0.25, -0.2) is 4.98 Å². The van der Waals surface area contributed by atoms with Crippen LogP contribution in [0.5, 0.6) is 0 Å². The third-order valence-electron chi connectivity index (χ3n) is 6.40. The van der Waals surface area contributed by atoms with Crippen LogP contribution in [0, 0.1) is 0 Å². The maximum Gasteiger partial charge on any atom is 0.265 e. The van der Waals surface area contributed by atoms with Gasteiger partial charge in [-0.2, -0.15) is 16.8 Å². The van der Waals surface area contributed by atoms with Gasteiger partial charge in [0.15, 0.2) is 0 Å². The standard InChI is InChI=1S/C31H32ClNO6S2/c1-31(2,39-41(4,36)37)28-11-6-5-9-23(28)15-19-30(38-40(3,34)35)25-10-7-8-22(20-25)12-17-27-18-14-24-13-16-26(32)21-29(24)33-27/h5-14,16-18,20-21,30H,15,19H2,1-4H3/t30-/m0/s1. The van der Waals surface area contributed by atoms with Gasteiger partial charge >= 0.3 is 0 Å². The first-order valence-electron chi connectivity index (χ1n) is 12.9. The van der Waals surface area contributed by atoms with E-state index < -0.39 is 31.9 Å². The summed E-state index contributed by atoms with van der Waals surface area (Å²) >= 11 is 6.11. The van der Waals surface area contributed by atoms with Gasteiger partial charge in [-0.15, -0.1) is 0 Å². The molecule has 1 heterocycles. The van der Waals surface area contributed by atoms with Crippen LogP contribution >= 0.6 is 11.6 Å². The summed E-state index contributed by atoms with van der Waals surface area (Å²) in [4.78, 5) is 4.65. The minimum Gasteiger partial charge on any atom is -0.262 e. The van der Waals surface area contributed by atoms with Gasteiger partial charge in [0, 0.05) is 10.4 Å². The van der Waals surface area contributed by atoms with Crippen molar-refractivity contribution in [3.05, 3.63) is 112 Å². The molecule has 41 heavy (non-hydrogen) atoms. The highest BCUT2D eigenvalue weighted by Gasteiger charge is 2.29. The third-order valence-corrected chi connectivity index (χ3v) is 7.93. The van der Waals surface area contributed by atoms with Crippen molar-refractivity contribution in [1.29, 1.82) is 0 Å². The number of hydrogen-bond acceptors (Lipinski definition) is 7. The molecule has 0 aliphatic carbocycles. The summed E-state index contributed by atoms with van der Waals surface area (Å²) in [5.41, 5.74) is 3.52. The maximum absolute atomic E-state index is 12.2. The van der Waals surface area contributed by atoms with Crippen LogP contribution in [0.4, 0.5) is 0 Å². The molecule has 1 atom stereocenters. The van der Waals surface area contributed by atoms with Crippen molar-refractivity contribution >= 4 is 54.9 Å². The summed E-state index contributed by atoms with van der Waals surface area (Å²) in [6, 6.07) is 24.3. The monoisotopic (exact) mass is 613 g/mol.